The third-order valence-corrected chi connectivity index (χ3v) is 5.09. The first-order chi connectivity index (χ1) is 10.2. The maximum Gasteiger partial charge on any atom is 0.0868 e. The van der Waals surface area contributed by atoms with Crippen LogP contribution in [0.3, 0.4) is 0 Å². The molecule has 108 valence electrons. The van der Waals surface area contributed by atoms with Crippen LogP contribution in [0.5, 0.6) is 0 Å². The van der Waals surface area contributed by atoms with E-state index in [9.17, 15) is 0 Å². The second kappa shape index (κ2) is 4.60. The zero-order valence-electron chi connectivity index (χ0n) is 12.3. The standard InChI is InChI=1S/C19H21NO/c1-19(9-5-2-6-10-19)15-11-14-13-7-3-4-8-17(13)21-18(14)12-16(15)20/h2-9,11,13,17-18H,10,12,20H2,1H3. The van der Waals surface area contributed by atoms with Crippen LogP contribution in [0.15, 0.2) is 71.5 Å². The van der Waals surface area contributed by atoms with Gasteiger partial charge in [0.15, 0.2) is 0 Å². The summed E-state index contributed by atoms with van der Waals surface area (Å²) in [4.78, 5) is 0. The summed E-state index contributed by atoms with van der Waals surface area (Å²) >= 11 is 0. The van der Waals surface area contributed by atoms with E-state index in [2.05, 4.69) is 61.6 Å². The van der Waals surface area contributed by atoms with Gasteiger partial charge < -0.3 is 10.5 Å². The predicted octanol–water partition coefficient (Wildman–Crippen LogP) is 3.56. The lowest BCUT2D eigenvalue weighted by atomic mass is 9.71. The maximum atomic E-state index is 6.40. The zero-order valence-corrected chi connectivity index (χ0v) is 12.3. The molecule has 4 atom stereocenters. The molecule has 1 fully saturated rings. The molecule has 0 aromatic carbocycles. The molecule has 0 aromatic rings. The van der Waals surface area contributed by atoms with Crippen molar-refractivity contribution in [1.29, 1.82) is 0 Å². The Hall–Kier alpha value is -1.80. The van der Waals surface area contributed by atoms with E-state index in [1.54, 1.807) is 0 Å². The minimum Gasteiger partial charge on any atom is -0.402 e. The van der Waals surface area contributed by atoms with Crippen molar-refractivity contribution < 1.29 is 4.74 Å². The minimum absolute atomic E-state index is 0.0170. The summed E-state index contributed by atoms with van der Waals surface area (Å²) in [5.41, 5.74) is 10.1. The molecule has 4 rings (SSSR count). The second-order valence-electron chi connectivity index (χ2n) is 6.58. The molecule has 0 radical (unpaired) electrons. The van der Waals surface area contributed by atoms with Gasteiger partial charge in [-0.05, 0) is 17.6 Å². The van der Waals surface area contributed by atoms with Gasteiger partial charge >= 0.3 is 0 Å². The van der Waals surface area contributed by atoms with Gasteiger partial charge in [-0.3, -0.25) is 0 Å². The van der Waals surface area contributed by atoms with Gasteiger partial charge in [0, 0.05) is 23.5 Å². The molecule has 2 N–H and O–H groups in total. The van der Waals surface area contributed by atoms with Gasteiger partial charge in [0.25, 0.3) is 0 Å². The largest absolute Gasteiger partial charge is 0.402 e. The van der Waals surface area contributed by atoms with E-state index in [0.29, 0.717) is 5.92 Å². The number of hydrogen-bond acceptors (Lipinski definition) is 2. The Kier molecular flexibility index (Phi) is 2.83. The molecule has 0 bridgehead atoms. The van der Waals surface area contributed by atoms with Gasteiger partial charge in [-0.15, -0.1) is 0 Å². The summed E-state index contributed by atoms with van der Waals surface area (Å²) in [6.45, 7) is 2.27. The molecule has 0 aromatic heterocycles. The molecule has 21 heavy (non-hydrogen) atoms. The number of nitrogens with two attached hydrogens (primary N) is 1. The Morgan fingerprint density at radius 2 is 2.05 bits per heavy atom. The topological polar surface area (TPSA) is 35.2 Å². The normalized spacial score (nSPS) is 40.2. The summed E-state index contributed by atoms with van der Waals surface area (Å²) < 4.78 is 6.16. The quantitative estimate of drug-likeness (QED) is 0.796. The SMILES string of the molecule is CC1(C2=C(N)CC3OC4C=CC=CC4C3=C2)C=CC=CC1. The smallest absolute Gasteiger partial charge is 0.0868 e. The highest BCUT2D eigenvalue weighted by molar-refractivity contribution is 5.47. The fourth-order valence-corrected chi connectivity index (χ4v) is 3.88. The molecule has 1 aliphatic heterocycles. The van der Waals surface area contributed by atoms with E-state index >= 15 is 0 Å². The molecule has 1 saturated heterocycles. The highest BCUT2D eigenvalue weighted by Gasteiger charge is 2.42. The third-order valence-electron chi connectivity index (χ3n) is 5.09. The van der Waals surface area contributed by atoms with Crippen molar-refractivity contribution in [3.05, 3.63) is 71.5 Å². The number of rotatable bonds is 1. The summed E-state index contributed by atoms with van der Waals surface area (Å²) in [5, 5.41) is 0. The lowest BCUT2D eigenvalue weighted by molar-refractivity contribution is 0.0717. The van der Waals surface area contributed by atoms with E-state index in [-0.39, 0.29) is 17.6 Å². The monoisotopic (exact) mass is 279 g/mol. The summed E-state index contributed by atoms with van der Waals surface area (Å²) in [5.74, 6) is 0.384. The van der Waals surface area contributed by atoms with Crippen molar-refractivity contribution in [2.24, 2.45) is 17.1 Å². The Morgan fingerprint density at radius 3 is 2.86 bits per heavy atom. The van der Waals surface area contributed by atoms with Crippen LogP contribution in [0.25, 0.3) is 0 Å². The fraction of sp³-hybridized carbons (Fsp3) is 0.368. The molecule has 0 amide bonds. The summed E-state index contributed by atoms with van der Waals surface area (Å²) in [7, 11) is 0. The van der Waals surface area contributed by atoms with E-state index < -0.39 is 0 Å². The van der Waals surface area contributed by atoms with Crippen LogP contribution in [0.1, 0.15) is 19.8 Å². The Morgan fingerprint density at radius 1 is 1.19 bits per heavy atom. The van der Waals surface area contributed by atoms with Crippen molar-refractivity contribution >= 4 is 0 Å². The van der Waals surface area contributed by atoms with Crippen LogP contribution < -0.4 is 5.73 Å². The van der Waals surface area contributed by atoms with Crippen molar-refractivity contribution in [2.75, 3.05) is 0 Å². The van der Waals surface area contributed by atoms with E-state index in [0.717, 1.165) is 18.5 Å². The van der Waals surface area contributed by atoms with Crippen LogP contribution in [0, 0.1) is 11.3 Å². The molecule has 1 heterocycles. The number of ether oxygens (including phenoxy) is 1. The van der Waals surface area contributed by atoms with Crippen molar-refractivity contribution in [2.45, 2.75) is 32.0 Å². The molecule has 4 unspecified atom stereocenters. The van der Waals surface area contributed by atoms with Crippen LogP contribution >= 0.6 is 0 Å². The fourth-order valence-electron chi connectivity index (χ4n) is 3.88. The highest BCUT2D eigenvalue weighted by Crippen LogP contribution is 2.46. The maximum absolute atomic E-state index is 6.40. The first-order valence-corrected chi connectivity index (χ1v) is 7.73. The first kappa shape index (κ1) is 12.9. The Labute approximate surface area is 126 Å². The van der Waals surface area contributed by atoms with Crippen LogP contribution in [-0.4, -0.2) is 12.2 Å². The lowest BCUT2D eigenvalue weighted by Crippen LogP contribution is -2.27. The van der Waals surface area contributed by atoms with Gasteiger partial charge in [-0.1, -0.05) is 61.6 Å². The summed E-state index contributed by atoms with van der Waals surface area (Å²) in [6.07, 6.45) is 21.9. The van der Waals surface area contributed by atoms with Crippen LogP contribution in [0.4, 0.5) is 0 Å². The molecule has 3 aliphatic carbocycles. The van der Waals surface area contributed by atoms with Gasteiger partial charge in [0.1, 0.15) is 0 Å². The van der Waals surface area contributed by atoms with Gasteiger partial charge in [0.05, 0.1) is 12.2 Å². The molecule has 0 spiro atoms. The number of fused-ring (bicyclic) bond motifs is 3. The third kappa shape index (κ3) is 1.97. The van der Waals surface area contributed by atoms with Gasteiger partial charge in [0.2, 0.25) is 0 Å². The number of hydrogen-bond donors (Lipinski definition) is 1. The van der Waals surface area contributed by atoms with Crippen LogP contribution in [0.2, 0.25) is 0 Å². The van der Waals surface area contributed by atoms with E-state index in [1.807, 2.05) is 0 Å². The zero-order chi connectivity index (χ0) is 14.4. The van der Waals surface area contributed by atoms with Crippen molar-refractivity contribution in [3.63, 3.8) is 0 Å². The molecular weight excluding hydrogens is 258 g/mol. The first-order valence-electron chi connectivity index (χ1n) is 7.73. The molecule has 2 heteroatoms. The molecule has 2 nitrogen and oxygen atoms in total. The summed E-state index contributed by atoms with van der Waals surface area (Å²) in [6, 6.07) is 0. The predicted molar refractivity (Wildman–Crippen MR) is 85.3 cm³/mol. The van der Waals surface area contributed by atoms with E-state index in [4.69, 9.17) is 10.5 Å². The highest BCUT2D eigenvalue weighted by atomic mass is 16.5. The van der Waals surface area contributed by atoms with Crippen LogP contribution in [-0.2, 0) is 4.74 Å². The Balaban J connectivity index is 1.73. The van der Waals surface area contributed by atoms with Gasteiger partial charge in [-0.25, -0.2) is 0 Å². The molecule has 0 saturated carbocycles. The second-order valence-corrected chi connectivity index (χ2v) is 6.58. The minimum atomic E-state index is 0.0170. The van der Waals surface area contributed by atoms with Crippen molar-refractivity contribution in [3.8, 4) is 0 Å². The number of allylic oxidation sites excluding steroid dienone is 8. The average Bonchev–Trinajstić information content (AvgIpc) is 2.84. The lowest BCUT2D eigenvalue weighted by Gasteiger charge is -2.33. The Bertz CT molecular complexity index is 646. The average molecular weight is 279 g/mol. The molecular formula is C19H21NO. The van der Waals surface area contributed by atoms with E-state index in [1.165, 1.54) is 11.1 Å². The molecule has 4 aliphatic rings. The van der Waals surface area contributed by atoms with Gasteiger partial charge in [-0.2, -0.15) is 0 Å². The van der Waals surface area contributed by atoms with Crippen molar-refractivity contribution in [1.82, 2.24) is 0 Å².